The summed E-state index contributed by atoms with van der Waals surface area (Å²) in [7, 11) is 2.78. The molecule has 0 aliphatic carbocycles. The average molecular weight is 306 g/mol. The molecule has 20 heavy (non-hydrogen) atoms. The smallest absolute Gasteiger partial charge is 0.326 e. The number of carboxylic acids is 1. The molecular formula is C12H22N2O5S. The summed E-state index contributed by atoms with van der Waals surface area (Å²) in [6, 6.07) is -1.44. The minimum Gasteiger partial charge on any atom is -0.480 e. The molecule has 0 aromatic heterocycles. The largest absolute Gasteiger partial charge is 0.480 e. The Hall–Kier alpha value is -1.44. The van der Waals surface area contributed by atoms with Crippen molar-refractivity contribution in [1.29, 1.82) is 0 Å². The Kier molecular flexibility index (Phi) is 8.78. The molecule has 0 fully saturated rings. The van der Waals surface area contributed by atoms with Crippen LogP contribution in [0.4, 0.5) is 4.79 Å². The normalized spacial score (nSPS) is 13.2. The number of thioether (sulfide) groups is 1. The molecule has 1 unspecified atom stereocenters. The Morgan fingerprint density at radius 1 is 1.40 bits per heavy atom. The minimum atomic E-state index is -1.07. The Morgan fingerprint density at radius 3 is 2.45 bits per heavy atom. The van der Waals surface area contributed by atoms with E-state index in [1.807, 2.05) is 6.26 Å². The molecule has 0 aromatic rings. The van der Waals surface area contributed by atoms with Crippen molar-refractivity contribution in [3.8, 4) is 0 Å². The summed E-state index contributed by atoms with van der Waals surface area (Å²) in [5.74, 6) is -1.31. The standard InChI is InChI=1S/C12H22N2O5S/c1-8(11(17)19-3)7-14(2)12(18)13-9(10(15)16)5-6-20-4/h8-9H,5-7H2,1-4H3,(H,13,18)(H,15,16)/t8?,9-/m0/s1. The number of esters is 1. The van der Waals surface area contributed by atoms with Crippen LogP contribution in [0.15, 0.2) is 0 Å². The van der Waals surface area contributed by atoms with Crippen molar-refractivity contribution in [2.75, 3.05) is 32.7 Å². The zero-order valence-electron chi connectivity index (χ0n) is 12.2. The van der Waals surface area contributed by atoms with Gasteiger partial charge in [0.2, 0.25) is 0 Å². The zero-order valence-corrected chi connectivity index (χ0v) is 13.0. The quantitative estimate of drug-likeness (QED) is 0.639. The first-order valence-electron chi connectivity index (χ1n) is 6.14. The number of nitrogens with one attached hydrogen (secondary N) is 1. The van der Waals surface area contributed by atoms with Crippen molar-refractivity contribution >= 4 is 29.7 Å². The van der Waals surface area contributed by atoms with Gasteiger partial charge in [0, 0.05) is 13.6 Å². The first kappa shape index (κ1) is 18.6. The molecule has 0 heterocycles. The summed E-state index contributed by atoms with van der Waals surface area (Å²) in [6.45, 7) is 1.80. The van der Waals surface area contributed by atoms with Gasteiger partial charge in [-0.05, 0) is 18.4 Å². The van der Waals surface area contributed by atoms with E-state index in [1.54, 1.807) is 6.92 Å². The number of nitrogens with zero attached hydrogens (tertiary/aromatic N) is 1. The van der Waals surface area contributed by atoms with Gasteiger partial charge in [0.15, 0.2) is 0 Å². The second-order valence-corrected chi connectivity index (χ2v) is 5.41. The van der Waals surface area contributed by atoms with Crippen molar-refractivity contribution in [1.82, 2.24) is 10.2 Å². The number of methoxy groups -OCH3 is 1. The first-order valence-corrected chi connectivity index (χ1v) is 7.54. The van der Waals surface area contributed by atoms with Gasteiger partial charge in [0.05, 0.1) is 13.0 Å². The molecule has 0 radical (unpaired) electrons. The lowest BCUT2D eigenvalue weighted by Crippen LogP contribution is -2.48. The van der Waals surface area contributed by atoms with E-state index in [0.717, 1.165) is 0 Å². The highest BCUT2D eigenvalue weighted by Crippen LogP contribution is 2.04. The van der Waals surface area contributed by atoms with Crippen LogP contribution in [0.25, 0.3) is 0 Å². The molecule has 7 nitrogen and oxygen atoms in total. The highest BCUT2D eigenvalue weighted by atomic mass is 32.2. The predicted octanol–water partition coefficient (Wildman–Crippen LogP) is 0.643. The van der Waals surface area contributed by atoms with Gasteiger partial charge < -0.3 is 20.1 Å². The maximum Gasteiger partial charge on any atom is 0.326 e. The minimum absolute atomic E-state index is 0.160. The van der Waals surface area contributed by atoms with Crippen molar-refractivity contribution in [2.24, 2.45) is 5.92 Å². The van der Waals surface area contributed by atoms with Gasteiger partial charge in [0.1, 0.15) is 6.04 Å². The van der Waals surface area contributed by atoms with E-state index in [1.165, 1.54) is 30.8 Å². The number of hydrogen-bond acceptors (Lipinski definition) is 5. The van der Waals surface area contributed by atoms with Crippen LogP contribution >= 0.6 is 11.8 Å². The lowest BCUT2D eigenvalue weighted by molar-refractivity contribution is -0.145. The predicted molar refractivity (Wildman–Crippen MR) is 76.8 cm³/mol. The van der Waals surface area contributed by atoms with Crippen molar-refractivity contribution in [2.45, 2.75) is 19.4 Å². The third-order valence-corrected chi connectivity index (χ3v) is 3.35. The van der Waals surface area contributed by atoms with Crippen LogP contribution in [0.5, 0.6) is 0 Å². The highest BCUT2D eigenvalue weighted by Gasteiger charge is 2.23. The highest BCUT2D eigenvalue weighted by molar-refractivity contribution is 7.98. The topological polar surface area (TPSA) is 95.9 Å². The van der Waals surface area contributed by atoms with E-state index in [9.17, 15) is 14.4 Å². The van der Waals surface area contributed by atoms with Crippen LogP contribution < -0.4 is 5.32 Å². The van der Waals surface area contributed by atoms with Gasteiger partial charge in [-0.25, -0.2) is 9.59 Å². The van der Waals surface area contributed by atoms with Gasteiger partial charge in [-0.2, -0.15) is 11.8 Å². The number of urea groups is 1. The van der Waals surface area contributed by atoms with Gasteiger partial charge in [-0.3, -0.25) is 4.79 Å². The molecule has 0 rings (SSSR count). The maximum absolute atomic E-state index is 11.9. The molecule has 0 aliphatic rings. The van der Waals surface area contributed by atoms with Gasteiger partial charge in [-0.1, -0.05) is 6.92 Å². The summed E-state index contributed by atoms with van der Waals surface area (Å²) in [4.78, 5) is 35.4. The zero-order chi connectivity index (χ0) is 15.7. The molecule has 8 heteroatoms. The summed E-state index contributed by atoms with van der Waals surface area (Å²) < 4.78 is 4.57. The van der Waals surface area contributed by atoms with E-state index < -0.39 is 29.9 Å². The van der Waals surface area contributed by atoms with Crippen molar-refractivity contribution < 1.29 is 24.2 Å². The average Bonchev–Trinajstić information content (AvgIpc) is 2.41. The Balaban J connectivity index is 4.41. The molecule has 0 aromatic carbocycles. The summed E-state index contributed by atoms with van der Waals surface area (Å²) in [6.07, 6.45) is 2.22. The van der Waals surface area contributed by atoms with Gasteiger partial charge in [-0.15, -0.1) is 0 Å². The molecular weight excluding hydrogens is 284 g/mol. The maximum atomic E-state index is 11.9. The molecule has 2 atom stereocenters. The fraction of sp³-hybridized carbons (Fsp3) is 0.750. The lowest BCUT2D eigenvalue weighted by Gasteiger charge is -2.23. The third kappa shape index (κ3) is 6.65. The lowest BCUT2D eigenvalue weighted by atomic mass is 10.2. The molecule has 116 valence electrons. The van der Waals surface area contributed by atoms with E-state index in [2.05, 4.69) is 10.1 Å². The number of rotatable bonds is 8. The van der Waals surface area contributed by atoms with Crippen LogP contribution in [0.1, 0.15) is 13.3 Å². The molecule has 0 bridgehead atoms. The summed E-state index contributed by atoms with van der Waals surface area (Å²) in [5.41, 5.74) is 0. The molecule has 2 amide bonds. The number of hydrogen-bond donors (Lipinski definition) is 2. The third-order valence-electron chi connectivity index (χ3n) is 2.70. The Morgan fingerprint density at radius 2 is 2.00 bits per heavy atom. The van der Waals surface area contributed by atoms with Crippen LogP contribution in [0.2, 0.25) is 0 Å². The fourth-order valence-corrected chi connectivity index (χ4v) is 1.99. The molecule has 0 aliphatic heterocycles. The van der Waals surface area contributed by atoms with Gasteiger partial charge >= 0.3 is 18.0 Å². The van der Waals surface area contributed by atoms with Gasteiger partial charge in [0.25, 0.3) is 0 Å². The van der Waals surface area contributed by atoms with Crippen LogP contribution in [-0.2, 0) is 14.3 Å². The SMILES string of the molecule is COC(=O)C(C)CN(C)C(=O)N[C@@H](CCSC)C(=O)O. The number of carbonyl (C=O) groups excluding carboxylic acids is 2. The second kappa shape index (κ2) is 9.46. The molecule has 0 saturated carbocycles. The Labute approximate surface area is 123 Å². The van der Waals surface area contributed by atoms with Crippen LogP contribution in [0.3, 0.4) is 0 Å². The van der Waals surface area contributed by atoms with E-state index in [-0.39, 0.29) is 6.54 Å². The fourth-order valence-electron chi connectivity index (χ4n) is 1.52. The van der Waals surface area contributed by atoms with E-state index >= 15 is 0 Å². The van der Waals surface area contributed by atoms with Crippen molar-refractivity contribution in [3.63, 3.8) is 0 Å². The number of carboxylic acid groups (broad SMARTS) is 1. The second-order valence-electron chi connectivity index (χ2n) is 4.43. The summed E-state index contributed by atoms with van der Waals surface area (Å²) >= 11 is 1.51. The number of aliphatic carboxylic acids is 1. The van der Waals surface area contributed by atoms with Crippen LogP contribution in [-0.4, -0.2) is 66.7 Å². The van der Waals surface area contributed by atoms with E-state index in [0.29, 0.717) is 12.2 Å². The molecule has 2 N–H and O–H groups in total. The number of carbonyl (C=O) groups is 3. The van der Waals surface area contributed by atoms with E-state index in [4.69, 9.17) is 5.11 Å². The number of ether oxygens (including phenoxy) is 1. The monoisotopic (exact) mass is 306 g/mol. The van der Waals surface area contributed by atoms with Crippen LogP contribution in [0, 0.1) is 5.92 Å². The molecule has 0 saturated heterocycles. The van der Waals surface area contributed by atoms with Crippen molar-refractivity contribution in [3.05, 3.63) is 0 Å². The Bertz CT molecular complexity index is 351. The summed E-state index contributed by atoms with van der Waals surface area (Å²) in [5, 5.41) is 11.5. The first-order chi connectivity index (χ1) is 9.33. The number of amides is 2. The molecule has 0 spiro atoms.